The van der Waals surface area contributed by atoms with Gasteiger partial charge in [-0.15, -0.1) is 0 Å². The third-order valence-electron chi connectivity index (χ3n) is 1.85. The molecular formula is C9H20O2. The average Bonchev–Trinajstić information content (AvgIpc) is 1.98. The Bertz CT molecular complexity index is 91.6. The zero-order valence-electron chi connectivity index (χ0n) is 8.00. The predicted molar refractivity (Wildman–Crippen MR) is 46.5 cm³/mol. The van der Waals surface area contributed by atoms with Crippen LogP contribution < -0.4 is 0 Å². The third kappa shape index (κ3) is 3.73. The van der Waals surface area contributed by atoms with Crippen LogP contribution in [0.2, 0.25) is 0 Å². The van der Waals surface area contributed by atoms with Crippen LogP contribution in [0.3, 0.4) is 0 Å². The first kappa shape index (κ1) is 10.9. The Morgan fingerprint density at radius 1 is 1.27 bits per heavy atom. The van der Waals surface area contributed by atoms with Crippen LogP contribution in [0.25, 0.3) is 0 Å². The van der Waals surface area contributed by atoms with Crippen LogP contribution in [0.15, 0.2) is 0 Å². The third-order valence-corrected chi connectivity index (χ3v) is 1.85. The smallest absolute Gasteiger partial charge is 0.0833 e. The van der Waals surface area contributed by atoms with Crippen molar-refractivity contribution in [2.75, 3.05) is 6.61 Å². The number of aliphatic hydroxyl groups excluding tert-OH is 1. The van der Waals surface area contributed by atoms with E-state index in [-0.39, 0.29) is 18.1 Å². The summed E-state index contributed by atoms with van der Waals surface area (Å²) < 4.78 is 5.36. The van der Waals surface area contributed by atoms with Gasteiger partial charge in [0.1, 0.15) is 0 Å². The van der Waals surface area contributed by atoms with Gasteiger partial charge in [-0.05, 0) is 19.3 Å². The summed E-state index contributed by atoms with van der Waals surface area (Å²) in [5.41, 5.74) is 0. The second kappa shape index (κ2) is 5.56. The maximum atomic E-state index is 9.59. The van der Waals surface area contributed by atoms with Gasteiger partial charge in [-0.1, -0.05) is 20.8 Å². The van der Waals surface area contributed by atoms with Crippen molar-refractivity contribution >= 4 is 0 Å². The lowest BCUT2D eigenvalue weighted by Crippen LogP contribution is -2.32. The zero-order valence-corrected chi connectivity index (χ0v) is 8.00. The van der Waals surface area contributed by atoms with E-state index in [1.807, 2.05) is 27.7 Å². The van der Waals surface area contributed by atoms with Gasteiger partial charge < -0.3 is 9.84 Å². The number of aliphatic hydroxyl groups is 1. The molecule has 0 bridgehead atoms. The fraction of sp³-hybridized carbons (Fsp3) is 1.00. The largest absolute Gasteiger partial charge is 0.390 e. The first-order chi connectivity index (χ1) is 5.13. The molecule has 0 aromatic carbocycles. The van der Waals surface area contributed by atoms with Gasteiger partial charge in [0.2, 0.25) is 0 Å². The first-order valence-electron chi connectivity index (χ1n) is 4.43. The molecule has 0 saturated heterocycles. The fourth-order valence-electron chi connectivity index (χ4n) is 1.10. The lowest BCUT2D eigenvalue weighted by molar-refractivity contribution is -0.0531. The van der Waals surface area contributed by atoms with Crippen molar-refractivity contribution in [2.24, 2.45) is 5.92 Å². The molecule has 0 rings (SSSR count). The monoisotopic (exact) mass is 160 g/mol. The van der Waals surface area contributed by atoms with Crippen LogP contribution in [0.1, 0.15) is 34.1 Å². The number of hydrogen-bond donors (Lipinski definition) is 1. The minimum absolute atomic E-state index is 0.0139. The highest BCUT2D eigenvalue weighted by atomic mass is 16.5. The van der Waals surface area contributed by atoms with E-state index in [2.05, 4.69) is 0 Å². The summed E-state index contributed by atoms with van der Waals surface area (Å²) in [4.78, 5) is 0. The summed E-state index contributed by atoms with van der Waals surface area (Å²) in [6.45, 7) is 8.68. The summed E-state index contributed by atoms with van der Waals surface area (Å²) >= 11 is 0. The van der Waals surface area contributed by atoms with Crippen LogP contribution >= 0.6 is 0 Å². The number of hydrogen-bond acceptors (Lipinski definition) is 2. The molecule has 0 spiro atoms. The van der Waals surface area contributed by atoms with Gasteiger partial charge in [0.25, 0.3) is 0 Å². The molecule has 2 heteroatoms. The maximum Gasteiger partial charge on any atom is 0.0833 e. The molecule has 0 aromatic rings. The Labute approximate surface area is 69.6 Å². The lowest BCUT2D eigenvalue weighted by Gasteiger charge is -2.24. The molecule has 0 aromatic heterocycles. The average molecular weight is 160 g/mol. The van der Waals surface area contributed by atoms with E-state index >= 15 is 0 Å². The minimum Gasteiger partial charge on any atom is -0.390 e. The van der Waals surface area contributed by atoms with Crippen LogP contribution in [-0.4, -0.2) is 23.9 Å². The molecule has 0 radical (unpaired) electrons. The summed E-state index contributed by atoms with van der Waals surface area (Å²) in [5, 5.41) is 9.59. The standard InChI is InChI=1S/C9H20O2/c1-5-8(11-6-2)9(10)7(3)4/h7-10H,5-6H2,1-4H3. The molecule has 0 aliphatic carbocycles. The summed E-state index contributed by atoms with van der Waals surface area (Å²) in [6.07, 6.45) is 0.577. The van der Waals surface area contributed by atoms with E-state index in [0.29, 0.717) is 6.61 Å². The molecule has 2 unspecified atom stereocenters. The van der Waals surface area contributed by atoms with E-state index in [9.17, 15) is 5.11 Å². The summed E-state index contributed by atoms with van der Waals surface area (Å²) in [6, 6.07) is 0. The Morgan fingerprint density at radius 3 is 2.09 bits per heavy atom. The quantitative estimate of drug-likeness (QED) is 0.664. The molecule has 0 fully saturated rings. The normalized spacial score (nSPS) is 16.9. The van der Waals surface area contributed by atoms with Gasteiger partial charge in [0.15, 0.2) is 0 Å². The molecule has 1 N–H and O–H groups in total. The minimum atomic E-state index is -0.319. The zero-order chi connectivity index (χ0) is 8.85. The van der Waals surface area contributed by atoms with Gasteiger partial charge in [0, 0.05) is 6.61 Å². The Kier molecular flexibility index (Phi) is 5.51. The van der Waals surface area contributed by atoms with E-state index in [1.54, 1.807) is 0 Å². The van der Waals surface area contributed by atoms with Gasteiger partial charge >= 0.3 is 0 Å². The summed E-state index contributed by atoms with van der Waals surface area (Å²) in [5.74, 6) is 0.284. The molecule has 68 valence electrons. The molecule has 0 saturated carbocycles. The SMILES string of the molecule is CCOC(CC)C(O)C(C)C. The summed E-state index contributed by atoms with van der Waals surface area (Å²) in [7, 11) is 0. The molecular weight excluding hydrogens is 140 g/mol. The van der Waals surface area contributed by atoms with Crippen molar-refractivity contribution in [1.82, 2.24) is 0 Å². The van der Waals surface area contributed by atoms with Gasteiger partial charge in [-0.2, -0.15) is 0 Å². The lowest BCUT2D eigenvalue weighted by atomic mass is 10.0. The topological polar surface area (TPSA) is 29.5 Å². The highest BCUT2D eigenvalue weighted by molar-refractivity contribution is 4.70. The second-order valence-electron chi connectivity index (χ2n) is 3.14. The van der Waals surface area contributed by atoms with Crippen molar-refractivity contribution in [3.63, 3.8) is 0 Å². The molecule has 0 aliphatic heterocycles. The number of ether oxygens (including phenoxy) is 1. The highest BCUT2D eigenvalue weighted by Gasteiger charge is 2.20. The van der Waals surface area contributed by atoms with Gasteiger partial charge in [0.05, 0.1) is 12.2 Å². The molecule has 0 aliphatic rings. The van der Waals surface area contributed by atoms with Crippen molar-refractivity contribution in [1.29, 1.82) is 0 Å². The molecule has 2 nitrogen and oxygen atoms in total. The van der Waals surface area contributed by atoms with Crippen molar-refractivity contribution in [3.8, 4) is 0 Å². The van der Waals surface area contributed by atoms with E-state index < -0.39 is 0 Å². The van der Waals surface area contributed by atoms with E-state index in [4.69, 9.17) is 4.74 Å². The first-order valence-corrected chi connectivity index (χ1v) is 4.43. The number of rotatable bonds is 5. The maximum absolute atomic E-state index is 9.59. The van der Waals surface area contributed by atoms with Crippen LogP contribution in [-0.2, 0) is 4.74 Å². The molecule has 0 heterocycles. The van der Waals surface area contributed by atoms with E-state index in [1.165, 1.54) is 0 Å². The molecule has 11 heavy (non-hydrogen) atoms. The van der Waals surface area contributed by atoms with Crippen molar-refractivity contribution < 1.29 is 9.84 Å². The van der Waals surface area contributed by atoms with Gasteiger partial charge in [-0.25, -0.2) is 0 Å². The van der Waals surface area contributed by atoms with Crippen LogP contribution in [0.5, 0.6) is 0 Å². The molecule has 2 atom stereocenters. The van der Waals surface area contributed by atoms with E-state index in [0.717, 1.165) is 6.42 Å². The Balaban J connectivity index is 3.81. The van der Waals surface area contributed by atoms with Crippen molar-refractivity contribution in [2.45, 2.75) is 46.3 Å². The Hall–Kier alpha value is -0.0800. The Morgan fingerprint density at radius 2 is 1.82 bits per heavy atom. The fourth-order valence-corrected chi connectivity index (χ4v) is 1.10. The second-order valence-corrected chi connectivity index (χ2v) is 3.14. The van der Waals surface area contributed by atoms with Crippen LogP contribution in [0.4, 0.5) is 0 Å². The predicted octanol–water partition coefficient (Wildman–Crippen LogP) is 1.82. The van der Waals surface area contributed by atoms with Crippen molar-refractivity contribution in [3.05, 3.63) is 0 Å². The highest BCUT2D eigenvalue weighted by Crippen LogP contribution is 2.12. The van der Waals surface area contributed by atoms with Gasteiger partial charge in [-0.3, -0.25) is 0 Å². The molecule has 0 amide bonds. The van der Waals surface area contributed by atoms with Crippen LogP contribution in [0, 0.1) is 5.92 Å².